The Labute approximate surface area is 114 Å². The number of rotatable bonds is 3. The van der Waals surface area contributed by atoms with Crippen LogP contribution in [-0.4, -0.2) is 22.2 Å². The molecule has 3 nitrogen and oxygen atoms in total. The lowest BCUT2D eigenvalue weighted by molar-refractivity contribution is -0.0853. The largest absolute Gasteiger partial charge is 0.367 e. The lowest BCUT2D eigenvalue weighted by atomic mass is 9.79. The van der Waals surface area contributed by atoms with Gasteiger partial charge in [-0.15, -0.1) is 11.3 Å². The molecule has 0 aliphatic carbocycles. The number of nitrogens with one attached hydrogen (secondary N) is 1. The highest BCUT2D eigenvalue weighted by molar-refractivity contribution is 7.09. The number of hydrogen-bond acceptors (Lipinski definition) is 4. The SMILES string of the molecule is CC(C)NC1(c2nccs2)CC(C)(C)OC1(C)C. The molecule has 0 bridgehead atoms. The molecule has 0 radical (unpaired) electrons. The van der Waals surface area contributed by atoms with Gasteiger partial charge in [0.1, 0.15) is 10.5 Å². The highest BCUT2D eigenvalue weighted by atomic mass is 32.1. The first kappa shape index (κ1) is 14.0. The van der Waals surface area contributed by atoms with Crippen LogP contribution in [0.1, 0.15) is 53.0 Å². The molecule has 1 aliphatic rings. The maximum absolute atomic E-state index is 6.28. The highest BCUT2D eigenvalue weighted by Gasteiger charge is 2.59. The van der Waals surface area contributed by atoms with Crippen LogP contribution in [0.15, 0.2) is 11.6 Å². The average molecular weight is 268 g/mol. The molecule has 2 rings (SSSR count). The van der Waals surface area contributed by atoms with Gasteiger partial charge >= 0.3 is 0 Å². The Hall–Kier alpha value is -0.450. The van der Waals surface area contributed by atoms with Crippen molar-refractivity contribution in [3.63, 3.8) is 0 Å². The van der Waals surface area contributed by atoms with Gasteiger partial charge in [0.25, 0.3) is 0 Å². The summed E-state index contributed by atoms with van der Waals surface area (Å²) in [4.78, 5) is 4.56. The van der Waals surface area contributed by atoms with Gasteiger partial charge in [-0.25, -0.2) is 4.98 Å². The number of nitrogens with zero attached hydrogens (tertiary/aromatic N) is 1. The number of hydrogen-bond donors (Lipinski definition) is 1. The van der Waals surface area contributed by atoms with Crippen LogP contribution in [0.4, 0.5) is 0 Å². The molecule has 1 N–H and O–H groups in total. The molecule has 1 aliphatic heterocycles. The van der Waals surface area contributed by atoms with Gasteiger partial charge in [0, 0.05) is 24.0 Å². The summed E-state index contributed by atoms with van der Waals surface area (Å²) >= 11 is 1.71. The van der Waals surface area contributed by atoms with Gasteiger partial charge < -0.3 is 10.1 Å². The van der Waals surface area contributed by atoms with Crippen molar-refractivity contribution in [3.05, 3.63) is 16.6 Å². The van der Waals surface area contributed by atoms with Crippen LogP contribution < -0.4 is 5.32 Å². The van der Waals surface area contributed by atoms with Gasteiger partial charge in [0.15, 0.2) is 0 Å². The quantitative estimate of drug-likeness (QED) is 0.913. The predicted octanol–water partition coefficient (Wildman–Crippen LogP) is 3.31. The zero-order valence-electron chi connectivity index (χ0n) is 12.2. The maximum Gasteiger partial charge on any atom is 0.116 e. The number of thiazole rings is 1. The summed E-state index contributed by atoms with van der Waals surface area (Å²) in [5.74, 6) is 0. The van der Waals surface area contributed by atoms with E-state index in [1.807, 2.05) is 11.6 Å². The Morgan fingerprint density at radius 1 is 1.33 bits per heavy atom. The molecule has 0 spiro atoms. The summed E-state index contributed by atoms with van der Waals surface area (Å²) in [6, 6.07) is 0.394. The third-order valence-corrected chi connectivity index (χ3v) is 4.52. The normalized spacial score (nSPS) is 29.9. The first-order valence-electron chi connectivity index (χ1n) is 6.56. The minimum absolute atomic E-state index is 0.128. The van der Waals surface area contributed by atoms with E-state index in [4.69, 9.17) is 4.74 Å². The fraction of sp³-hybridized carbons (Fsp3) is 0.786. The molecule has 1 atom stereocenters. The van der Waals surface area contributed by atoms with Gasteiger partial charge in [0.05, 0.1) is 11.2 Å². The standard InChI is InChI=1S/C14H24N2OS/c1-10(2)16-14(11-15-7-8-18-11)9-12(3,4)17-13(14,5)6/h7-8,10,16H,9H2,1-6H3. The van der Waals surface area contributed by atoms with Crippen molar-refractivity contribution in [3.8, 4) is 0 Å². The molecule has 102 valence electrons. The van der Waals surface area contributed by atoms with E-state index in [1.165, 1.54) is 0 Å². The molecule has 1 aromatic heterocycles. The van der Waals surface area contributed by atoms with Crippen molar-refractivity contribution in [1.82, 2.24) is 10.3 Å². The summed E-state index contributed by atoms with van der Waals surface area (Å²) in [7, 11) is 0. The Morgan fingerprint density at radius 2 is 2.00 bits per heavy atom. The van der Waals surface area contributed by atoms with Crippen molar-refractivity contribution in [2.45, 2.75) is 70.7 Å². The van der Waals surface area contributed by atoms with Gasteiger partial charge in [-0.3, -0.25) is 0 Å². The predicted molar refractivity (Wildman–Crippen MR) is 75.9 cm³/mol. The van der Waals surface area contributed by atoms with Gasteiger partial charge in [-0.05, 0) is 41.5 Å². The fourth-order valence-corrected chi connectivity index (χ4v) is 4.16. The lowest BCUT2D eigenvalue weighted by Gasteiger charge is -2.40. The Morgan fingerprint density at radius 3 is 2.39 bits per heavy atom. The molecular formula is C14H24N2OS. The summed E-state index contributed by atoms with van der Waals surface area (Å²) < 4.78 is 6.28. The van der Waals surface area contributed by atoms with Crippen LogP contribution in [-0.2, 0) is 10.3 Å². The molecule has 0 aromatic carbocycles. The molecule has 2 heterocycles. The van der Waals surface area contributed by atoms with Gasteiger partial charge in [-0.2, -0.15) is 0 Å². The van der Waals surface area contributed by atoms with E-state index in [0.717, 1.165) is 11.4 Å². The number of ether oxygens (including phenoxy) is 1. The third-order valence-electron chi connectivity index (χ3n) is 3.58. The summed E-state index contributed by atoms with van der Waals surface area (Å²) in [5, 5.41) is 6.90. The van der Waals surface area contributed by atoms with Crippen LogP contribution in [0, 0.1) is 0 Å². The lowest BCUT2D eigenvalue weighted by Crippen LogP contribution is -2.56. The van der Waals surface area contributed by atoms with Gasteiger partial charge in [0.2, 0.25) is 0 Å². The Balaban J connectivity index is 2.49. The van der Waals surface area contributed by atoms with Crippen LogP contribution in [0.5, 0.6) is 0 Å². The monoisotopic (exact) mass is 268 g/mol. The van der Waals surface area contributed by atoms with E-state index in [1.54, 1.807) is 11.3 Å². The molecule has 1 unspecified atom stereocenters. The second kappa shape index (κ2) is 4.29. The minimum Gasteiger partial charge on any atom is -0.367 e. The summed E-state index contributed by atoms with van der Waals surface area (Å²) in [5.41, 5.74) is -0.589. The van der Waals surface area contributed by atoms with E-state index in [2.05, 4.69) is 51.8 Å². The van der Waals surface area contributed by atoms with Crippen LogP contribution in [0.2, 0.25) is 0 Å². The Bertz CT molecular complexity index is 411. The van der Waals surface area contributed by atoms with Gasteiger partial charge in [-0.1, -0.05) is 0 Å². The van der Waals surface area contributed by atoms with E-state index < -0.39 is 0 Å². The Kier molecular flexibility index (Phi) is 3.33. The minimum atomic E-state index is -0.265. The average Bonchev–Trinajstić information content (AvgIpc) is 2.69. The topological polar surface area (TPSA) is 34.2 Å². The zero-order valence-corrected chi connectivity index (χ0v) is 13.0. The van der Waals surface area contributed by atoms with Crippen molar-refractivity contribution < 1.29 is 4.74 Å². The molecule has 4 heteroatoms. The fourth-order valence-electron chi connectivity index (χ4n) is 3.21. The van der Waals surface area contributed by atoms with E-state index in [9.17, 15) is 0 Å². The van der Waals surface area contributed by atoms with Crippen LogP contribution in [0.25, 0.3) is 0 Å². The smallest absolute Gasteiger partial charge is 0.116 e. The first-order chi connectivity index (χ1) is 8.19. The van der Waals surface area contributed by atoms with E-state index >= 15 is 0 Å². The molecule has 1 fully saturated rings. The third kappa shape index (κ3) is 2.22. The highest BCUT2D eigenvalue weighted by Crippen LogP contribution is 2.51. The second-order valence-electron chi connectivity index (χ2n) is 6.59. The van der Waals surface area contributed by atoms with E-state index in [0.29, 0.717) is 6.04 Å². The van der Waals surface area contributed by atoms with Crippen molar-refractivity contribution in [2.24, 2.45) is 0 Å². The van der Waals surface area contributed by atoms with Crippen molar-refractivity contribution >= 4 is 11.3 Å². The maximum atomic E-state index is 6.28. The first-order valence-corrected chi connectivity index (χ1v) is 7.44. The van der Waals surface area contributed by atoms with Crippen molar-refractivity contribution in [2.75, 3.05) is 0 Å². The summed E-state index contributed by atoms with van der Waals surface area (Å²) in [6.45, 7) is 13.0. The molecule has 18 heavy (non-hydrogen) atoms. The molecule has 0 saturated carbocycles. The number of aromatic nitrogens is 1. The summed E-state index contributed by atoms with van der Waals surface area (Å²) in [6.07, 6.45) is 2.82. The molecular weight excluding hydrogens is 244 g/mol. The van der Waals surface area contributed by atoms with E-state index in [-0.39, 0.29) is 16.7 Å². The second-order valence-corrected chi connectivity index (χ2v) is 7.49. The molecule has 0 amide bonds. The van der Waals surface area contributed by atoms with Crippen LogP contribution in [0.3, 0.4) is 0 Å². The van der Waals surface area contributed by atoms with Crippen LogP contribution >= 0.6 is 11.3 Å². The zero-order chi connectivity index (χ0) is 13.6. The van der Waals surface area contributed by atoms with Crippen molar-refractivity contribution in [1.29, 1.82) is 0 Å². The molecule has 1 aromatic rings. The molecule has 1 saturated heterocycles.